The van der Waals surface area contributed by atoms with E-state index in [2.05, 4.69) is 9.98 Å². The highest BCUT2D eigenvalue weighted by atomic mass is 16.5. The topological polar surface area (TPSA) is 90.2 Å². The molecule has 1 heterocycles. The molecule has 0 aliphatic heterocycles. The van der Waals surface area contributed by atoms with Gasteiger partial charge in [0.05, 0.1) is 25.6 Å². The van der Waals surface area contributed by atoms with Crippen LogP contribution < -0.4 is 14.2 Å². The summed E-state index contributed by atoms with van der Waals surface area (Å²) in [5.74, 6) is 0.533. The van der Waals surface area contributed by atoms with Crippen molar-refractivity contribution in [3.8, 4) is 17.4 Å². The predicted octanol–water partition coefficient (Wildman–Crippen LogP) is 3.67. The Balaban J connectivity index is 0.00000190. The van der Waals surface area contributed by atoms with Crippen molar-refractivity contribution in [2.75, 3.05) is 27.9 Å². The normalized spacial score (nSPS) is 10.6. The summed E-state index contributed by atoms with van der Waals surface area (Å²) in [5.41, 5.74) is 3.98. The second-order valence-corrected chi connectivity index (χ2v) is 5.59. The number of methoxy groups -OCH3 is 2. The molecule has 0 atom stereocenters. The molecule has 1 aromatic heterocycles. The molecule has 0 saturated heterocycles. The van der Waals surface area contributed by atoms with Gasteiger partial charge in [0, 0.05) is 30.3 Å². The minimum absolute atomic E-state index is 0.268. The van der Waals surface area contributed by atoms with Crippen molar-refractivity contribution in [1.29, 1.82) is 0 Å². The number of carboxylic acids is 1. The van der Waals surface area contributed by atoms with E-state index in [-0.39, 0.29) is 5.88 Å². The number of benzene rings is 1. The molecule has 0 bridgehead atoms. The van der Waals surface area contributed by atoms with E-state index in [9.17, 15) is 4.79 Å². The van der Waals surface area contributed by atoms with E-state index in [1.54, 1.807) is 33.4 Å². The summed E-state index contributed by atoms with van der Waals surface area (Å²) in [6.45, 7) is 7.30. The van der Waals surface area contributed by atoms with Crippen LogP contribution in [0, 0.1) is 13.8 Å². The number of aryl methyl sites for hydroxylation is 2. The molecule has 0 spiro atoms. The summed E-state index contributed by atoms with van der Waals surface area (Å²) in [7, 11) is 4.89. The lowest BCUT2D eigenvalue weighted by molar-refractivity contribution is -0.139. The van der Waals surface area contributed by atoms with Crippen LogP contribution in [0.2, 0.25) is 0 Å². The summed E-state index contributed by atoms with van der Waals surface area (Å²) >= 11 is 0. The van der Waals surface area contributed by atoms with E-state index in [0.717, 1.165) is 22.4 Å². The largest absolute Gasteiger partial charge is 0.497 e. The minimum Gasteiger partial charge on any atom is -0.497 e. The number of aromatic nitrogens is 1. The number of hydrogen-bond donors (Lipinski definition) is 1. The summed E-state index contributed by atoms with van der Waals surface area (Å²) in [6.07, 6.45) is 0. The van der Waals surface area contributed by atoms with E-state index in [1.165, 1.54) is 0 Å². The second kappa shape index (κ2) is 10.9. The zero-order chi connectivity index (χ0) is 21.3. The Bertz CT molecular complexity index is 801. The molecule has 0 saturated carbocycles. The number of carboxylic acid groups (broad SMARTS) is 1. The molecule has 0 fully saturated rings. The molecule has 7 nitrogen and oxygen atoms in total. The van der Waals surface area contributed by atoms with Crippen molar-refractivity contribution in [1.82, 2.24) is 4.98 Å². The number of nitrogens with zero attached hydrogens (tertiary/aromatic N) is 2. The molecule has 0 aliphatic rings. The van der Waals surface area contributed by atoms with Gasteiger partial charge < -0.3 is 19.3 Å². The third kappa shape index (κ3) is 5.70. The highest BCUT2D eigenvalue weighted by Crippen LogP contribution is 2.27. The average Bonchev–Trinajstić information content (AvgIpc) is 2.70. The number of pyridine rings is 1. The van der Waals surface area contributed by atoms with E-state index in [4.69, 9.17) is 19.3 Å². The van der Waals surface area contributed by atoms with Crippen LogP contribution in [0.3, 0.4) is 0 Å². The maximum atomic E-state index is 10.7. The van der Waals surface area contributed by atoms with Crippen molar-refractivity contribution in [3.05, 3.63) is 46.6 Å². The number of aliphatic carboxylic acids is 1. The quantitative estimate of drug-likeness (QED) is 0.728. The number of carbonyl (C=O) groups is 1. The summed E-state index contributed by atoms with van der Waals surface area (Å²) in [6, 6.07) is 7.24. The summed E-state index contributed by atoms with van der Waals surface area (Å²) in [4.78, 5) is 19.5. The molecule has 152 valence electrons. The molecule has 2 aromatic rings. The Labute approximate surface area is 166 Å². The molecule has 0 aliphatic carbocycles. The molecule has 7 heteroatoms. The molecule has 0 radical (unpaired) electrons. The minimum atomic E-state index is -1.05. The van der Waals surface area contributed by atoms with Crippen LogP contribution in [-0.2, 0) is 4.79 Å². The molecular formula is C21H28N2O5. The van der Waals surface area contributed by atoms with E-state index in [0.29, 0.717) is 17.2 Å². The van der Waals surface area contributed by atoms with Crippen LogP contribution in [0.4, 0.5) is 0 Å². The maximum absolute atomic E-state index is 10.7. The van der Waals surface area contributed by atoms with Crippen molar-refractivity contribution in [3.63, 3.8) is 0 Å². The highest BCUT2D eigenvalue weighted by molar-refractivity contribution is 6.14. The third-order valence-electron chi connectivity index (χ3n) is 3.80. The van der Waals surface area contributed by atoms with Gasteiger partial charge in [0.25, 0.3) is 0 Å². The van der Waals surface area contributed by atoms with Gasteiger partial charge >= 0.3 is 5.97 Å². The number of hydrogen-bond acceptors (Lipinski definition) is 6. The van der Waals surface area contributed by atoms with Crippen molar-refractivity contribution in [2.45, 2.75) is 27.7 Å². The van der Waals surface area contributed by atoms with Crippen LogP contribution in [0.1, 0.15) is 36.2 Å². The van der Waals surface area contributed by atoms with Gasteiger partial charge in [-0.25, -0.2) is 9.78 Å². The van der Waals surface area contributed by atoms with Gasteiger partial charge in [0.2, 0.25) is 5.88 Å². The molecule has 0 amide bonds. The molecule has 0 unspecified atom stereocenters. The average molecular weight is 388 g/mol. The first-order chi connectivity index (χ1) is 13.4. The fourth-order valence-corrected chi connectivity index (χ4v) is 2.69. The van der Waals surface area contributed by atoms with Crippen LogP contribution in [0.5, 0.6) is 17.4 Å². The smallest absolute Gasteiger partial charge is 0.341 e. The second-order valence-electron chi connectivity index (χ2n) is 5.59. The molecule has 2 rings (SSSR count). The van der Waals surface area contributed by atoms with Gasteiger partial charge in [-0.05, 0) is 31.5 Å². The van der Waals surface area contributed by atoms with Crippen LogP contribution in [0.25, 0.3) is 0 Å². The Hall–Kier alpha value is -3.09. The van der Waals surface area contributed by atoms with Crippen LogP contribution in [-0.4, -0.2) is 49.6 Å². The zero-order valence-electron chi connectivity index (χ0n) is 17.5. The fraction of sp³-hybridized carbons (Fsp3) is 0.381. The molecular weight excluding hydrogens is 360 g/mol. The SMILES string of the molecule is CC.CN=C(c1cc(OC)cc(OC)c1)c1c(C)cc(OCC(=O)O)nc1C. The van der Waals surface area contributed by atoms with Crippen LogP contribution in [0.15, 0.2) is 29.3 Å². The Kier molecular flexibility index (Phi) is 8.95. The monoisotopic (exact) mass is 388 g/mol. The Morgan fingerprint density at radius 2 is 1.64 bits per heavy atom. The lowest BCUT2D eigenvalue weighted by atomic mass is 9.96. The van der Waals surface area contributed by atoms with Gasteiger partial charge in [0.1, 0.15) is 11.5 Å². The first-order valence-electron chi connectivity index (χ1n) is 8.93. The number of rotatable bonds is 7. The zero-order valence-corrected chi connectivity index (χ0v) is 17.5. The van der Waals surface area contributed by atoms with E-state index in [1.807, 2.05) is 39.8 Å². The predicted molar refractivity (Wildman–Crippen MR) is 109 cm³/mol. The maximum Gasteiger partial charge on any atom is 0.341 e. The number of aliphatic imine (C=N–C) groups is 1. The highest BCUT2D eigenvalue weighted by Gasteiger charge is 2.17. The summed E-state index contributed by atoms with van der Waals surface area (Å²) in [5, 5.41) is 8.75. The third-order valence-corrected chi connectivity index (χ3v) is 3.80. The lowest BCUT2D eigenvalue weighted by Crippen LogP contribution is -2.13. The standard InChI is InChI=1S/C19H22N2O5.C2H6/c1-11-6-16(26-10-17(22)23)21-12(2)18(11)19(20-3)13-7-14(24-4)9-15(8-13)25-5;1-2/h6-9H,10H2,1-5H3,(H,22,23);1-2H3. The lowest BCUT2D eigenvalue weighted by Gasteiger charge is -2.15. The van der Waals surface area contributed by atoms with Crippen molar-refractivity contribution in [2.24, 2.45) is 4.99 Å². The van der Waals surface area contributed by atoms with Crippen LogP contribution >= 0.6 is 0 Å². The fourth-order valence-electron chi connectivity index (χ4n) is 2.69. The molecule has 1 aromatic carbocycles. The summed E-state index contributed by atoms with van der Waals surface area (Å²) < 4.78 is 15.9. The van der Waals surface area contributed by atoms with E-state index < -0.39 is 12.6 Å². The molecule has 28 heavy (non-hydrogen) atoms. The Morgan fingerprint density at radius 3 is 2.07 bits per heavy atom. The van der Waals surface area contributed by atoms with Gasteiger partial charge in [-0.3, -0.25) is 4.99 Å². The first kappa shape index (κ1) is 23.0. The molecule has 1 N–H and O–H groups in total. The number of ether oxygens (including phenoxy) is 3. The van der Waals surface area contributed by atoms with Crippen molar-refractivity contribution >= 4 is 11.7 Å². The van der Waals surface area contributed by atoms with Gasteiger partial charge in [-0.15, -0.1) is 0 Å². The van der Waals surface area contributed by atoms with Gasteiger partial charge in [0.15, 0.2) is 6.61 Å². The first-order valence-corrected chi connectivity index (χ1v) is 8.93. The Morgan fingerprint density at radius 1 is 1.07 bits per heavy atom. The van der Waals surface area contributed by atoms with Gasteiger partial charge in [-0.1, -0.05) is 13.8 Å². The van der Waals surface area contributed by atoms with Crippen molar-refractivity contribution < 1.29 is 24.1 Å². The van der Waals surface area contributed by atoms with Gasteiger partial charge in [-0.2, -0.15) is 0 Å². The van der Waals surface area contributed by atoms with E-state index >= 15 is 0 Å².